The van der Waals surface area contributed by atoms with E-state index in [1.165, 1.54) is 25.3 Å². The molecule has 1 amide bonds. The SMILES string of the molecule is COCCNC(=O)COC(=O)/C=C/c1ccc(C(F)(F)F)cc1. The van der Waals surface area contributed by atoms with Gasteiger partial charge >= 0.3 is 12.1 Å². The average molecular weight is 331 g/mol. The highest BCUT2D eigenvalue weighted by molar-refractivity contribution is 5.89. The quantitative estimate of drug-likeness (QED) is 0.472. The van der Waals surface area contributed by atoms with Crippen molar-refractivity contribution in [3.63, 3.8) is 0 Å². The largest absolute Gasteiger partial charge is 0.452 e. The van der Waals surface area contributed by atoms with Crippen molar-refractivity contribution in [3.05, 3.63) is 41.5 Å². The lowest BCUT2D eigenvalue weighted by molar-refractivity contribution is -0.143. The Labute approximate surface area is 131 Å². The molecule has 8 heteroatoms. The molecule has 0 saturated heterocycles. The van der Waals surface area contributed by atoms with Crippen LogP contribution in [0.3, 0.4) is 0 Å². The van der Waals surface area contributed by atoms with E-state index in [-0.39, 0.29) is 0 Å². The van der Waals surface area contributed by atoms with Gasteiger partial charge in [-0.3, -0.25) is 4.79 Å². The lowest BCUT2D eigenvalue weighted by Gasteiger charge is -2.06. The van der Waals surface area contributed by atoms with E-state index in [1.54, 1.807) is 0 Å². The summed E-state index contributed by atoms with van der Waals surface area (Å²) in [5, 5.41) is 2.46. The van der Waals surface area contributed by atoms with Gasteiger partial charge in [0.15, 0.2) is 6.61 Å². The molecule has 1 rings (SSSR count). The van der Waals surface area contributed by atoms with E-state index in [9.17, 15) is 22.8 Å². The normalized spacial score (nSPS) is 11.5. The Kier molecular flexibility index (Phi) is 7.27. The van der Waals surface area contributed by atoms with Crippen molar-refractivity contribution < 1.29 is 32.2 Å². The number of rotatable bonds is 7. The minimum absolute atomic E-state index is 0.300. The molecule has 0 spiro atoms. The van der Waals surface area contributed by atoms with Crippen molar-refractivity contribution in [2.75, 3.05) is 26.9 Å². The molecule has 5 nitrogen and oxygen atoms in total. The first kappa shape index (κ1) is 18.7. The Balaban J connectivity index is 2.42. The van der Waals surface area contributed by atoms with Crippen LogP contribution in [0.4, 0.5) is 13.2 Å². The number of alkyl halides is 3. The molecule has 0 aliphatic heterocycles. The fourth-order valence-electron chi connectivity index (χ4n) is 1.48. The smallest absolute Gasteiger partial charge is 0.416 e. The topological polar surface area (TPSA) is 64.6 Å². The Morgan fingerprint density at radius 2 is 1.87 bits per heavy atom. The molecule has 23 heavy (non-hydrogen) atoms. The first-order chi connectivity index (χ1) is 10.8. The van der Waals surface area contributed by atoms with Gasteiger partial charge in [0.2, 0.25) is 0 Å². The Bertz CT molecular complexity index is 553. The van der Waals surface area contributed by atoms with Crippen LogP contribution < -0.4 is 5.32 Å². The molecule has 0 fully saturated rings. The van der Waals surface area contributed by atoms with Crippen LogP contribution in [0.5, 0.6) is 0 Å². The first-order valence-corrected chi connectivity index (χ1v) is 6.60. The fraction of sp³-hybridized carbons (Fsp3) is 0.333. The number of hydrogen-bond donors (Lipinski definition) is 1. The van der Waals surface area contributed by atoms with Crippen LogP contribution in [-0.2, 0) is 25.2 Å². The second kappa shape index (κ2) is 8.94. The number of esters is 1. The Hall–Kier alpha value is -2.35. The highest BCUT2D eigenvalue weighted by Gasteiger charge is 2.29. The van der Waals surface area contributed by atoms with Crippen molar-refractivity contribution in [2.24, 2.45) is 0 Å². The number of hydrogen-bond acceptors (Lipinski definition) is 4. The molecule has 1 aromatic rings. The summed E-state index contributed by atoms with van der Waals surface area (Å²) in [6.45, 7) is 0.196. The number of nitrogens with one attached hydrogen (secondary N) is 1. The van der Waals surface area contributed by atoms with Crippen molar-refractivity contribution in [3.8, 4) is 0 Å². The molecule has 0 unspecified atom stereocenters. The summed E-state index contributed by atoms with van der Waals surface area (Å²) >= 11 is 0. The van der Waals surface area contributed by atoms with Gasteiger partial charge in [-0.15, -0.1) is 0 Å². The summed E-state index contributed by atoms with van der Waals surface area (Å²) in [4.78, 5) is 22.6. The number of amides is 1. The van der Waals surface area contributed by atoms with Crippen molar-refractivity contribution in [1.29, 1.82) is 0 Å². The predicted molar refractivity (Wildman–Crippen MR) is 76.3 cm³/mol. The molecule has 126 valence electrons. The number of methoxy groups -OCH3 is 1. The van der Waals surface area contributed by atoms with E-state index in [0.717, 1.165) is 18.2 Å². The summed E-state index contributed by atoms with van der Waals surface area (Å²) in [6, 6.07) is 4.27. The van der Waals surface area contributed by atoms with E-state index < -0.39 is 30.2 Å². The van der Waals surface area contributed by atoms with Gasteiger partial charge in [0.05, 0.1) is 12.2 Å². The number of ether oxygens (including phenoxy) is 2. The van der Waals surface area contributed by atoms with Crippen LogP contribution in [-0.4, -0.2) is 38.7 Å². The molecular weight excluding hydrogens is 315 g/mol. The van der Waals surface area contributed by atoms with Gasteiger partial charge in [-0.2, -0.15) is 13.2 Å². The zero-order valence-electron chi connectivity index (χ0n) is 12.4. The third kappa shape index (κ3) is 7.46. The highest BCUT2D eigenvalue weighted by Crippen LogP contribution is 2.29. The summed E-state index contributed by atoms with van der Waals surface area (Å²) in [7, 11) is 1.48. The summed E-state index contributed by atoms with van der Waals surface area (Å²) in [5.74, 6) is -1.25. The van der Waals surface area contributed by atoms with Crippen LogP contribution in [0, 0.1) is 0 Å². The minimum Gasteiger partial charge on any atom is -0.452 e. The molecule has 1 aromatic carbocycles. The van der Waals surface area contributed by atoms with Crippen LogP contribution in [0.15, 0.2) is 30.3 Å². The van der Waals surface area contributed by atoms with Gasteiger partial charge < -0.3 is 14.8 Å². The zero-order valence-corrected chi connectivity index (χ0v) is 12.4. The average Bonchev–Trinajstić information content (AvgIpc) is 2.50. The Morgan fingerprint density at radius 1 is 1.22 bits per heavy atom. The van der Waals surface area contributed by atoms with Crippen molar-refractivity contribution >= 4 is 18.0 Å². The Morgan fingerprint density at radius 3 is 2.43 bits per heavy atom. The second-order valence-electron chi connectivity index (χ2n) is 4.40. The maximum absolute atomic E-state index is 12.4. The molecule has 0 heterocycles. The number of halogens is 3. The first-order valence-electron chi connectivity index (χ1n) is 6.60. The van der Waals surface area contributed by atoms with Gasteiger partial charge in [-0.1, -0.05) is 12.1 Å². The molecule has 0 aromatic heterocycles. The summed E-state index contributed by atoms with van der Waals surface area (Å²) in [6.07, 6.45) is -2.08. The van der Waals surface area contributed by atoms with E-state index in [4.69, 9.17) is 4.74 Å². The standard InChI is InChI=1S/C15H16F3NO4/c1-22-9-8-19-13(20)10-23-14(21)7-4-11-2-5-12(6-3-11)15(16,17)18/h2-7H,8-10H2,1H3,(H,19,20)/b7-4+. The lowest BCUT2D eigenvalue weighted by Crippen LogP contribution is -2.31. The summed E-state index contributed by atoms with van der Waals surface area (Å²) < 4.78 is 46.6. The molecular formula is C15H16F3NO4. The van der Waals surface area contributed by atoms with Crippen LogP contribution in [0.2, 0.25) is 0 Å². The van der Waals surface area contributed by atoms with Gasteiger partial charge in [0.1, 0.15) is 0 Å². The van der Waals surface area contributed by atoms with Crippen LogP contribution in [0.25, 0.3) is 6.08 Å². The summed E-state index contributed by atoms with van der Waals surface area (Å²) in [5.41, 5.74) is -0.371. The van der Waals surface area contributed by atoms with E-state index in [2.05, 4.69) is 10.1 Å². The van der Waals surface area contributed by atoms with Crippen LogP contribution in [0.1, 0.15) is 11.1 Å². The van der Waals surface area contributed by atoms with Crippen molar-refractivity contribution in [1.82, 2.24) is 5.32 Å². The molecule has 0 aliphatic rings. The lowest BCUT2D eigenvalue weighted by atomic mass is 10.1. The second-order valence-corrected chi connectivity index (χ2v) is 4.40. The minimum atomic E-state index is -4.41. The molecule has 1 N–H and O–H groups in total. The zero-order chi connectivity index (χ0) is 17.3. The van der Waals surface area contributed by atoms with E-state index in [1.807, 2.05) is 0 Å². The number of carbonyl (C=O) groups is 2. The van der Waals surface area contributed by atoms with Gasteiger partial charge in [0.25, 0.3) is 5.91 Å². The fourth-order valence-corrected chi connectivity index (χ4v) is 1.48. The maximum Gasteiger partial charge on any atom is 0.416 e. The molecule has 0 saturated carbocycles. The van der Waals surface area contributed by atoms with E-state index >= 15 is 0 Å². The van der Waals surface area contributed by atoms with E-state index in [0.29, 0.717) is 18.7 Å². The predicted octanol–water partition coefficient (Wildman–Crippen LogP) is 2.02. The number of carbonyl (C=O) groups excluding carboxylic acids is 2. The van der Waals surface area contributed by atoms with Crippen molar-refractivity contribution in [2.45, 2.75) is 6.18 Å². The molecule has 0 atom stereocenters. The third-order valence-corrected chi connectivity index (χ3v) is 2.62. The molecule has 0 bridgehead atoms. The monoisotopic (exact) mass is 331 g/mol. The van der Waals surface area contributed by atoms with Gasteiger partial charge in [-0.05, 0) is 23.8 Å². The molecule has 0 radical (unpaired) electrons. The highest BCUT2D eigenvalue weighted by atomic mass is 19.4. The van der Waals surface area contributed by atoms with Crippen LogP contribution >= 0.6 is 0 Å². The molecule has 0 aliphatic carbocycles. The van der Waals surface area contributed by atoms with Gasteiger partial charge in [-0.25, -0.2) is 4.79 Å². The maximum atomic E-state index is 12.4. The third-order valence-electron chi connectivity index (χ3n) is 2.62. The number of benzene rings is 1. The van der Waals surface area contributed by atoms with Gasteiger partial charge in [0, 0.05) is 19.7 Å².